The number of aromatic amines is 1. The zero-order valence-corrected chi connectivity index (χ0v) is 14.9. The van der Waals surface area contributed by atoms with Gasteiger partial charge in [-0.1, -0.05) is 30.3 Å². The quantitative estimate of drug-likeness (QED) is 0.883. The number of carbonyl (C=O) groups excluding carboxylic acids is 2. The Balaban J connectivity index is 1.37. The lowest BCUT2D eigenvalue weighted by Gasteiger charge is -2.26. The smallest absolute Gasteiger partial charge is 0.225 e. The van der Waals surface area contributed by atoms with E-state index in [1.54, 1.807) is 0 Å². The van der Waals surface area contributed by atoms with Gasteiger partial charge in [0.2, 0.25) is 11.8 Å². The fraction of sp³-hybridized carbons (Fsp3) is 0.450. The Labute approximate surface area is 153 Å². The number of amides is 2. The molecule has 3 unspecified atom stereocenters. The summed E-state index contributed by atoms with van der Waals surface area (Å²) in [6.07, 6.45) is 4.80. The summed E-state index contributed by atoms with van der Waals surface area (Å²) in [4.78, 5) is 27.0. The van der Waals surface area contributed by atoms with Crippen LogP contribution in [0.15, 0.2) is 36.5 Å². The molecule has 1 aliphatic carbocycles. The fourth-order valence-corrected chi connectivity index (χ4v) is 4.04. The lowest BCUT2D eigenvalue weighted by molar-refractivity contribution is -0.130. The molecule has 1 aliphatic heterocycles. The molecule has 2 amide bonds. The molecule has 2 heterocycles. The highest BCUT2D eigenvalue weighted by molar-refractivity contribution is 5.89. The number of carbonyl (C=O) groups is 2. The van der Waals surface area contributed by atoms with Gasteiger partial charge < -0.3 is 10.2 Å². The molecule has 1 fully saturated rings. The van der Waals surface area contributed by atoms with E-state index in [0.29, 0.717) is 13.0 Å². The van der Waals surface area contributed by atoms with E-state index in [9.17, 15) is 9.59 Å². The van der Waals surface area contributed by atoms with E-state index in [0.717, 1.165) is 30.5 Å². The van der Waals surface area contributed by atoms with Crippen molar-refractivity contribution < 1.29 is 9.59 Å². The number of H-pyrrole nitrogens is 1. The Kier molecular flexibility index (Phi) is 4.49. The maximum Gasteiger partial charge on any atom is 0.225 e. The van der Waals surface area contributed by atoms with Crippen LogP contribution in [0.1, 0.15) is 42.6 Å². The summed E-state index contributed by atoms with van der Waals surface area (Å²) in [7, 11) is 0. The molecular formula is C20H24N4O2. The molecule has 6 nitrogen and oxygen atoms in total. The summed E-state index contributed by atoms with van der Waals surface area (Å²) in [5, 5.41) is 10.2. The summed E-state index contributed by atoms with van der Waals surface area (Å²) in [6, 6.07) is 10.1. The maximum absolute atomic E-state index is 12.7. The molecule has 1 saturated heterocycles. The van der Waals surface area contributed by atoms with E-state index in [-0.39, 0.29) is 29.8 Å². The Morgan fingerprint density at radius 3 is 2.92 bits per heavy atom. The normalized spacial score (nSPS) is 23.6. The van der Waals surface area contributed by atoms with Crippen molar-refractivity contribution in [3.8, 4) is 0 Å². The van der Waals surface area contributed by atoms with Crippen molar-refractivity contribution in [2.75, 3.05) is 6.54 Å². The zero-order chi connectivity index (χ0) is 18.1. The summed E-state index contributed by atoms with van der Waals surface area (Å²) >= 11 is 0. The Hall–Kier alpha value is -2.63. The number of aryl methyl sites for hydroxylation is 1. The molecule has 0 radical (unpaired) electrons. The van der Waals surface area contributed by atoms with Gasteiger partial charge in [0.15, 0.2) is 0 Å². The first-order valence-corrected chi connectivity index (χ1v) is 9.27. The van der Waals surface area contributed by atoms with Crippen LogP contribution >= 0.6 is 0 Å². The number of aromatic nitrogens is 2. The summed E-state index contributed by atoms with van der Waals surface area (Å²) in [5.41, 5.74) is 3.46. The molecule has 136 valence electrons. The van der Waals surface area contributed by atoms with Crippen LogP contribution in [0.3, 0.4) is 0 Å². The number of hydrogen-bond donors (Lipinski definition) is 2. The van der Waals surface area contributed by atoms with Crippen molar-refractivity contribution in [2.45, 2.75) is 44.7 Å². The van der Waals surface area contributed by atoms with Gasteiger partial charge in [0.05, 0.1) is 18.2 Å². The minimum absolute atomic E-state index is 0.00548. The van der Waals surface area contributed by atoms with Crippen LogP contribution in [-0.2, 0) is 22.4 Å². The van der Waals surface area contributed by atoms with Gasteiger partial charge in [-0.05, 0) is 30.9 Å². The second-order valence-electron chi connectivity index (χ2n) is 7.36. The number of nitrogens with zero attached hydrogens (tertiary/aromatic N) is 2. The first-order valence-electron chi connectivity index (χ1n) is 9.27. The van der Waals surface area contributed by atoms with Gasteiger partial charge in [-0.3, -0.25) is 14.7 Å². The Bertz CT molecular complexity index is 801. The molecular weight excluding hydrogens is 328 g/mol. The standard InChI is InChI=1S/C20H24N4O2/c1-13(14-5-3-2-4-6-14)24-12-16(9-19(24)25)20(26)22-17-8-7-15-11-21-23-18(15)10-17/h2-6,11,13,16-17H,7-10,12H2,1H3,(H,21,23)(H,22,26). The highest BCUT2D eigenvalue weighted by atomic mass is 16.2. The maximum atomic E-state index is 12.7. The predicted molar refractivity (Wildman–Crippen MR) is 97.2 cm³/mol. The van der Waals surface area contributed by atoms with Gasteiger partial charge in [-0.2, -0.15) is 5.10 Å². The summed E-state index contributed by atoms with van der Waals surface area (Å²) in [6.45, 7) is 2.51. The van der Waals surface area contributed by atoms with Crippen LogP contribution in [-0.4, -0.2) is 39.5 Å². The van der Waals surface area contributed by atoms with Gasteiger partial charge in [0.25, 0.3) is 0 Å². The van der Waals surface area contributed by atoms with E-state index in [4.69, 9.17) is 0 Å². The van der Waals surface area contributed by atoms with Gasteiger partial charge in [0, 0.05) is 31.1 Å². The number of benzene rings is 1. The molecule has 4 rings (SSSR count). The first kappa shape index (κ1) is 16.8. The number of fused-ring (bicyclic) bond motifs is 1. The van der Waals surface area contributed by atoms with Gasteiger partial charge in [-0.25, -0.2) is 0 Å². The van der Waals surface area contributed by atoms with Crippen LogP contribution < -0.4 is 5.32 Å². The molecule has 0 bridgehead atoms. The topological polar surface area (TPSA) is 78.1 Å². The Morgan fingerprint density at radius 1 is 1.31 bits per heavy atom. The SMILES string of the molecule is CC(c1ccccc1)N1CC(C(=O)NC2CCc3cn[nH]c3C2)CC1=O. The van der Waals surface area contributed by atoms with E-state index in [1.165, 1.54) is 5.56 Å². The summed E-state index contributed by atoms with van der Waals surface area (Å²) in [5.74, 6) is -0.216. The van der Waals surface area contributed by atoms with Crippen LogP contribution in [0.4, 0.5) is 0 Å². The average molecular weight is 352 g/mol. The highest BCUT2D eigenvalue weighted by Crippen LogP contribution is 2.29. The third kappa shape index (κ3) is 3.23. The third-order valence-corrected chi connectivity index (χ3v) is 5.65. The molecule has 26 heavy (non-hydrogen) atoms. The van der Waals surface area contributed by atoms with Crippen molar-refractivity contribution in [3.05, 3.63) is 53.3 Å². The van der Waals surface area contributed by atoms with Crippen LogP contribution in [0, 0.1) is 5.92 Å². The van der Waals surface area contributed by atoms with Crippen molar-refractivity contribution in [1.82, 2.24) is 20.4 Å². The molecule has 0 saturated carbocycles. The lowest BCUT2D eigenvalue weighted by Crippen LogP contribution is -2.42. The molecule has 6 heteroatoms. The van der Waals surface area contributed by atoms with Crippen LogP contribution in [0.25, 0.3) is 0 Å². The number of nitrogens with one attached hydrogen (secondary N) is 2. The van der Waals surface area contributed by atoms with E-state index >= 15 is 0 Å². The van der Waals surface area contributed by atoms with Crippen molar-refractivity contribution in [3.63, 3.8) is 0 Å². The highest BCUT2D eigenvalue weighted by Gasteiger charge is 2.37. The number of hydrogen-bond acceptors (Lipinski definition) is 3. The van der Waals surface area contributed by atoms with Gasteiger partial charge in [0.1, 0.15) is 0 Å². The minimum atomic E-state index is -0.267. The predicted octanol–water partition coefficient (Wildman–Crippen LogP) is 1.99. The number of rotatable bonds is 4. The first-order chi connectivity index (χ1) is 12.6. The zero-order valence-electron chi connectivity index (χ0n) is 14.9. The number of likely N-dealkylation sites (tertiary alicyclic amines) is 1. The van der Waals surface area contributed by atoms with E-state index in [2.05, 4.69) is 15.5 Å². The van der Waals surface area contributed by atoms with E-state index in [1.807, 2.05) is 48.4 Å². The third-order valence-electron chi connectivity index (χ3n) is 5.65. The largest absolute Gasteiger partial charge is 0.353 e. The molecule has 3 atom stereocenters. The Morgan fingerprint density at radius 2 is 2.12 bits per heavy atom. The van der Waals surface area contributed by atoms with Gasteiger partial charge >= 0.3 is 0 Å². The minimum Gasteiger partial charge on any atom is -0.353 e. The fourth-order valence-electron chi connectivity index (χ4n) is 4.04. The monoisotopic (exact) mass is 352 g/mol. The average Bonchev–Trinajstić information content (AvgIpc) is 3.28. The van der Waals surface area contributed by atoms with Crippen LogP contribution in [0.2, 0.25) is 0 Å². The van der Waals surface area contributed by atoms with Gasteiger partial charge in [-0.15, -0.1) is 0 Å². The molecule has 1 aromatic carbocycles. The summed E-state index contributed by atoms with van der Waals surface area (Å²) < 4.78 is 0. The van der Waals surface area contributed by atoms with Crippen molar-refractivity contribution >= 4 is 11.8 Å². The molecule has 2 N–H and O–H groups in total. The van der Waals surface area contributed by atoms with Crippen LogP contribution in [0.5, 0.6) is 0 Å². The molecule has 2 aromatic rings. The molecule has 2 aliphatic rings. The van der Waals surface area contributed by atoms with Crippen molar-refractivity contribution in [2.24, 2.45) is 5.92 Å². The van der Waals surface area contributed by atoms with Crippen molar-refractivity contribution in [1.29, 1.82) is 0 Å². The van der Waals surface area contributed by atoms with E-state index < -0.39 is 0 Å². The second kappa shape index (κ2) is 6.94. The molecule has 0 spiro atoms. The molecule has 1 aromatic heterocycles. The second-order valence-corrected chi connectivity index (χ2v) is 7.36. The lowest BCUT2D eigenvalue weighted by atomic mass is 9.93.